The minimum absolute atomic E-state index is 0.0346. The number of nitrogens with two attached hydrogens (primary N) is 1. The van der Waals surface area contributed by atoms with E-state index in [-0.39, 0.29) is 12.5 Å². The van der Waals surface area contributed by atoms with Crippen LogP contribution in [0.1, 0.15) is 12.5 Å². The molecule has 0 aromatic heterocycles. The number of hydrogen-bond acceptors (Lipinski definition) is 5. The minimum Gasteiger partial charge on any atom is -0.465 e. The van der Waals surface area contributed by atoms with E-state index in [4.69, 9.17) is 15.7 Å². The maximum Gasteiger partial charge on any atom is 0.325 e. The number of anilines is 2. The average molecular weight is 219 g/mol. The summed E-state index contributed by atoms with van der Waals surface area (Å²) in [5.41, 5.74) is 7.22. The molecule has 0 saturated carbocycles. The van der Waals surface area contributed by atoms with Crippen molar-refractivity contribution >= 4 is 17.3 Å². The van der Waals surface area contributed by atoms with E-state index < -0.39 is 0 Å². The van der Waals surface area contributed by atoms with Crippen molar-refractivity contribution in [2.45, 2.75) is 6.92 Å². The molecule has 0 radical (unpaired) electrons. The summed E-state index contributed by atoms with van der Waals surface area (Å²) in [7, 11) is 0. The molecular formula is C11H13N3O2. The molecule has 0 atom stereocenters. The predicted octanol–water partition coefficient (Wildman–Crippen LogP) is 1.12. The van der Waals surface area contributed by atoms with E-state index in [2.05, 4.69) is 5.32 Å². The smallest absolute Gasteiger partial charge is 0.325 e. The van der Waals surface area contributed by atoms with Gasteiger partial charge < -0.3 is 15.8 Å². The molecule has 1 rings (SSSR count). The van der Waals surface area contributed by atoms with Gasteiger partial charge in [0.25, 0.3) is 0 Å². The van der Waals surface area contributed by atoms with Crippen LogP contribution in [0.15, 0.2) is 18.2 Å². The Kier molecular flexibility index (Phi) is 4.16. The van der Waals surface area contributed by atoms with Crippen molar-refractivity contribution in [3.63, 3.8) is 0 Å². The summed E-state index contributed by atoms with van der Waals surface area (Å²) in [6.45, 7) is 2.11. The molecule has 0 unspecified atom stereocenters. The van der Waals surface area contributed by atoms with Crippen LogP contribution in [0.25, 0.3) is 0 Å². The number of nitrogens with zero attached hydrogens (tertiary/aromatic N) is 1. The lowest BCUT2D eigenvalue weighted by Gasteiger charge is -2.08. The summed E-state index contributed by atoms with van der Waals surface area (Å²) >= 11 is 0. The highest BCUT2D eigenvalue weighted by molar-refractivity contribution is 5.78. The van der Waals surface area contributed by atoms with Crippen LogP contribution in [-0.4, -0.2) is 19.1 Å². The Bertz CT molecular complexity index is 424. The van der Waals surface area contributed by atoms with Crippen LogP contribution >= 0.6 is 0 Å². The molecule has 0 spiro atoms. The monoisotopic (exact) mass is 219 g/mol. The molecule has 0 aliphatic carbocycles. The first-order valence-corrected chi connectivity index (χ1v) is 4.86. The Hall–Kier alpha value is -2.22. The van der Waals surface area contributed by atoms with Gasteiger partial charge in [0, 0.05) is 0 Å². The summed E-state index contributed by atoms with van der Waals surface area (Å²) in [5, 5.41) is 11.5. The molecule has 0 aliphatic rings. The van der Waals surface area contributed by atoms with Crippen LogP contribution in [-0.2, 0) is 9.53 Å². The topological polar surface area (TPSA) is 88.1 Å². The van der Waals surface area contributed by atoms with E-state index >= 15 is 0 Å². The van der Waals surface area contributed by atoms with Crippen molar-refractivity contribution in [2.24, 2.45) is 0 Å². The molecule has 0 bridgehead atoms. The van der Waals surface area contributed by atoms with Crippen molar-refractivity contribution in [3.8, 4) is 6.07 Å². The molecule has 0 heterocycles. The third-order valence-electron chi connectivity index (χ3n) is 1.91. The van der Waals surface area contributed by atoms with Gasteiger partial charge >= 0.3 is 5.97 Å². The molecule has 3 N–H and O–H groups in total. The van der Waals surface area contributed by atoms with Gasteiger partial charge in [-0.3, -0.25) is 4.79 Å². The van der Waals surface area contributed by atoms with Gasteiger partial charge in [-0.15, -0.1) is 0 Å². The number of nitrogen functional groups attached to an aromatic ring is 1. The first kappa shape index (κ1) is 11.9. The quantitative estimate of drug-likeness (QED) is 0.585. The molecule has 0 saturated heterocycles. The summed E-state index contributed by atoms with van der Waals surface area (Å²) in [5.74, 6) is -0.357. The van der Waals surface area contributed by atoms with Gasteiger partial charge in [-0.1, -0.05) is 0 Å². The van der Waals surface area contributed by atoms with Crippen LogP contribution in [0.4, 0.5) is 11.4 Å². The van der Waals surface area contributed by atoms with Gasteiger partial charge in [0.15, 0.2) is 0 Å². The lowest BCUT2D eigenvalue weighted by Crippen LogP contribution is -2.17. The van der Waals surface area contributed by atoms with E-state index in [1.54, 1.807) is 25.1 Å². The summed E-state index contributed by atoms with van der Waals surface area (Å²) in [6.07, 6.45) is 0. The number of hydrogen-bond donors (Lipinski definition) is 2. The highest BCUT2D eigenvalue weighted by Gasteiger charge is 2.04. The number of nitrogens with one attached hydrogen (secondary N) is 1. The molecule has 5 nitrogen and oxygen atoms in total. The van der Waals surface area contributed by atoms with Crippen molar-refractivity contribution in [1.82, 2.24) is 0 Å². The number of rotatable bonds is 4. The van der Waals surface area contributed by atoms with Crippen LogP contribution in [0.2, 0.25) is 0 Å². The van der Waals surface area contributed by atoms with Crippen molar-refractivity contribution < 1.29 is 9.53 Å². The van der Waals surface area contributed by atoms with E-state index in [1.165, 1.54) is 0 Å². The van der Waals surface area contributed by atoms with Crippen molar-refractivity contribution in [3.05, 3.63) is 23.8 Å². The van der Waals surface area contributed by atoms with Gasteiger partial charge in [-0.05, 0) is 25.1 Å². The van der Waals surface area contributed by atoms with Gasteiger partial charge in [-0.2, -0.15) is 5.26 Å². The van der Waals surface area contributed by atoms with E-state index in [1.807, 2.05) is 6.07 Å². The van der Waals surface area contributed by atoms with Crippen molar-refractivity contribution in [2.75, 3.05) is 24.2 Å². The first-order valence-electron chi connectivity index (χ1n) is 4.86. The number of ether oxygens (including phenoxy) is 1. The number of carbonyl (C=O) groups excluding carboxylic acids is 1. The molecule has 0 aliphatic heterocycles. The average Bonchev–Trinajstić information content (AvgIpc) is 2.28. The third-order valence-corrected chi connectivity index (χ3v) is 1.91. The first-order chi connectivity index (χ1) is 7.67. The lowest BCUT2D eigenvalue weighted by molar-refractivity contribution is -0.140. The third kappa shape index (κ3) is 3.17. The molecular weight excluding hydrogens is 206 g/mol. The summed E-state index contributed by atoms with van der Waals surface area (Å²) < 4.78 is 4.75. The van der Waals surface area contributed by atoms with Crippen molar-refractivity contribution in [1.29, 1.82) is 5.26 Å². The van der Waals surface area contributed by atoms with Gasteiger partial charge in [0.05, 0.1) is 29.6 Å². The zero-order valence-corrected chi connectivity index (χ0v) is 8.99. The molecule has 1 aromatic rings. The van der Waals surface area contributed by atoms with Gasteiger partial charge in [0.2, 0.25) is 0 Å². The largest absolute Gasteiger partial charge is 0.465 e. The highest BCUT2D eigenvalue weighted by atomic mass is 16.5. The standard InChI is InChI=1S/C11H13N3O2/c1-2-16-11(15)7-14-10-5-8(6-12)3-4-9(10)13/h3-5,14H,2,7,13H2,1H3. The Labute approximate surface area is 93.8 Å². The Morgan fingerprint density at radius 1 is 1.62 bits per heavy atom. The van der Waals surface area contributed by atoms with Crippen LogP contribution < -0.4 is 11.1 Å². The predicted molar refractivity (Wildman–Crippen MR) is 60.7 cm³/mol. The van der Waals surface area contributed by atoms with E-state index in [0.717, 1.165) is 0 Å². The molecule has 5 heteroatoms. The lowest BCUT2D eigenvalue weighted by atomic mass is 10.2. The number of carbonyl (C=O) groups is 1. The maximum atomic E-state index is 11.1. The minimum atomic E-state index is -0.357. The number of esters is 1. The molecule has 0 fully saturated rings. The second kappa shape index (κ2) is 5.61. The fourth-order valence-corrected chi connectivity index (χ4v) is 1.16. The second-order valence-electron chi connectivity index (χ2n) is 3.07. The Morgan fingerprint density at radius 3 is 3.00 bits per heavy atom. The Balaban J connectivity index is 2.66. The number of benzene rings is 1. The van der Waals surface area contributed by atoms with E-state index in [9.17, 15) is 4.79 Å². The van der Waals surface area contributed by atoms with E-state index in [0.29, 0.717) is 23.5 Å². The normalized spacial score (nSPS) is 9.25. The Morgan fingerprint density at radius 2 is 2.38 bits per heavy atom. The number of nitriles is 1. The molecule has 0 amide bonds. The molecule has 84 valence electrons. The molecule has 1 aromatic carbocycles. The maximum absolute atomic E-state index is 11.1. The van der Waals surface area contributed by atoms with Crippen LogP contribution in [0, 0.1) is 11.3 Å². The van der Waals surface area contributed by atoms with Crippen LogP contribution in [0.3, 0.4) is 0 Å². The van der Waals surface area contributed by atoms with Gasteiger partial charge in [-0.25, -0.2) is 0 Å². The van der Waals surface area contributed by atoms with Crippen LogP contribution in [0.5, 0.6) is 0 Å². The zero-order valence-electron chi connectivity index (χ0n) is 8.99. The fraction of sp³-hybridized carbons (Fsp3) is 0.273. The van der Waals surface area contributed by atoms with Gasteiger partial charge in [0.1, 0.15) is 6.54 Å². The summed E-state index contributed by atoms with van der Waals surface area (Å²) in [6, 6.07) is 6.82. The molecule has 16 heavy (non-hydrogen) atoms. The highest BCUT2D eigenvalue weighted by Crippen LogP contribution is 2.19. The SMILES string of the molecule is CCOC(=O)CNc1cc(C#N)ccc1N. The fourth-order valence-electron chi connectivity index (χ4n) is 1.16. The summed E-state index contributed by atoms with van der Waals surface area (Å²) in [4.78, 5) is 11.1. The zero-order chi connectivity index (χ0) is 12.0. The second-order valence-corrected chi connectivity index (χ2v) is 3.07.